The van der Waals surface area contributed by atoms with E-state index in [1.807, 2.05) is 52.0 Å². The minimum atomic E-state index is -1.18. The summed E-state index contributed by atoms with van der Waals surface area (Å²) in [6.45, 7) is 12.4. The van der Waals surface area contributed by atoms with Crippen LogP contribution in [0.5, 0.6) is 0 Å². The van der Waals surface area contributed by atoms with Gasteiger partial charge in [0.2, 0.25) is 0 Å². The Hall–Kier alpha value is -3.03. The molecule has 0 radical (unpaired) electrons. The van der Waals surface area contributed by atoms with Crippen LogP contribution in [0.3, 0.4) is 0 Å². The minimum absolute atomic E-state index is 0.0697. The van der Waals surface area contributed by atoms with Crippen molar-refractivity contribution in [2.45, 2.75) is 108 Å². The molecule has 1 aromatic heterocycles. The van der Waals surface area contributed by atoms with Gasteiger partial charge >= 0.3 is 0 Å². The molecule has 1 amide bonds. The quantitative estimate of drug-likeness (QED) is 0.482. The van der Waals surface area contributed by atoms with Gasteiger partial charge in [-0.3, -0.25) is 4.79 Å². The van der Waals surface area contributed by atoms with Crippen molar-refractivity contribution in [3.63, 3.8) is 0 Å². The number of aliphatic hydroxyl groups is 1. The van der Waals surface area contributed by atoms with Gasteiger partial charge in [0.25, 0.3) is 5.91 Å². The van der Waals surface area contributed by atoms with Crippen LogP contribution in [0.1, 0.15) is 101 Å². The summed E-state index contributed by atoms with van der Waals surface area (Å²) in [5, 5.41) is 24.4. The van der Waals surface area contributed by atoms with Crippen molar-refractivity contribution >= 4 is 17.2 Å². The maximum Gasteiger partial charge on any atom is 0.291 e. The van der Waals surface area contributed by atoms with E-state index in [-0.39, 0.29) is 29.1 Å². The van der Waals surface area contributed by atoms with Gasteiger partial charge in [-0.25, -0.2) is 4.98 Å². The Kier molecular flexibility index (Phi) is 5.93. The third-order valence-electron chi connectivity index (χ3n) is 9.08. The summed E-state index contributed by atoms with van der Waals surface area (Å²) < 4.78 is 19.1. The number of benzene rings is 1. The summed E-state index contributed by atoms with van der Waals surface area (Å²) in [5.41, 5.74) is 1.15. The molecule has 0 saturated carbocycles. The summed E-state index contributed by atoms with van der Waals surface area (Å²) in [6, 6.07) is 7.69. The largest absolute Gasteiger partial charge is 0.385 e. The van der Waals surface area contributed by atoms with Crippen molar-refractivity contribution in [3.8, 4) is 6.07 Å². The number of ether oxygens (including phenoxy) is 3. The van der Waals surface area contributed by atoms with Gasteiger partial charge in [0.1, 0.15) is 18.3 Å². The van der Waals surface area contributed by atoms with Gasteiger partial charge in [-0.05, 0) is 75.6 Å². The third kappa shape index (κ3) is 4.47. The van der Waals surface area contributed by atoms with Crippen LogP contribution in [-0.2, 0) is 19.8 Å². The van der Waals surface area contributed by atoms with E-state index in [1.165, 1.54) is 6.20 Å². The maximum absolute atomic E-state index is 13.0. The SMILES string of the molecule is CC1(C)CC=C(c2cc([C@@]3(O)C[C@@]4(C)O[C@@](C)(C3)[C@@H]3OC(C)(C)O[C@@H]34)ccc2NC(=O)c2nc(C#N)c[nH]2)CC1. The van der Waals surface area contributed by atoms with E-state index >= 15 is 0 Å². The van der Waals surface area contributed by atoms with Crippen molar-refractivity contribution in [3.05, 3.63) is 53.1 Å². The Labute approximate surface area is 234 Å². The molecule has 4 heterocycles. The normalized spacial score (nSPS) is 35.5. The number of hydrogen-bond donors (Lipinski definition) is 3. The van der Waals surface area contributed by atoms with E-state index in [0.717, 1.165) is 36.0 Å². The first kappa shape index (κ1) is 27.2. The van der Waals surface area contributed by atoms with Crippen LogP contribution in [0.25, 0.3) is 5.57 Å². The monoisotopic (exact) mass is 546 g/mol. The maximum atomic E-state index is 13.0. The molecule has 9 nitrogen and oxygen atoms in total. The Morgan fingerprint density at radius 2 is 1.80 bits per heavy atom. The van der Waals surface area contributed by atoms with Gasteiger partial charge in [-0.2, -0.15) is 5.26 Å². The van der Waals surface area contributed by atoms with Gasteiger partial charge in [0.15, 0.2) is 17.3 Å². The van der Waals surface area contributed by atoms with E-state index in [1.54, 1.807) is 0 Å². The van der Waals surface area contributed by atoms with Crippen molar-refractivity contribution in [2.75, 3.05) is 5.32 Å². The van der Waals surface area contributed by atoms with Crippen LogP contribution in [0.2, 0.25) is 0 Å². The lowest BCUT2D eigenvalue weighted by molar-refractivity contribution is -0.270. The molecule has 2 aromatic rings. The van der Waals surface area contributed by atoms with Crippen molar-refractivity contribution in [1.29, 1.82) is 5.26 Å². The topological polar surface area (TPSA) is 129 Å². The molecular formula is C31H38N4O5. The average Bonchev–Trinajstić information content (AvgIpc) is 3.51. The number of hydrogen-bond acceptors (Lipinski definition) is 7. The van der Waals surface area contributed by atoms with Gasteiger partial charge < -0.3 is 29.6 Å². The van der Waals surface area contributed by atoms with Crippen LogP contribution >= 0.6 is 0 Å². The Balaban J connectivity index is 1.37. The zero-order valence-corrected chi connectivity index (χ0v) is 24.1. The fourth-order valence-corrected chi connectivity index (χ4v) is 7.21. The second-order valence-corrected chi connectivity index (χ2v) is 13.6. The molecule has 3 aliphatic heterocycles. The lowest BCUT2D eigenvalue weighted by Crippen LogP contribution is -2.53. The van der Waals surface area contributed by atoms with Crippen LogP contribution in [-0.4, -0.2) is 50.2 Å². The number of nitrogens with one attached hydrogen (secondary N) is 2. The first-order chi connectivity index (χ1) is 18.6. The van der Waals surface area contributed by atoms with E-state index < -0.39 is 28.5 Å². The van der Waals surface area contributed by atoms with Crippen LogP contribution in [0.15, 0.2) is 30.5 Å². The molecule has 4 aliphatic rings. The number of H-pyrrole nitrogens is 1. The van der Waals surface area contributed by atoms with Crippen molar-refractivity contribution in [2.24, 2.45) is 5.41 Å². The first-order valence-corrected chi connectivity index (χ1v) is 14.0. The number of amides is 1. The molecule has 1 aliphatic carbocycles. The minimum Gasteiger partial charge on any atom is -0.385 e. The molecule has 212 valence electrons. The molecule has 40 heavy (non-hydrogen) atoms. The molecule has 6 rings (SSSR count). The average molecular weight is 547 g/mol. The number of allylic oxidation sites excluding steroid dienone is 2. The predicted octanol–water partition coefficient (Wildman–Crippen LogP) is 5.18. The van der Waals surface area contributed by atoms with Crippen LogP contribution in [0, 0.1) is 16.7 Å². The van der Waals surface area contributed by atoms with E-state index in [0.29, 0.717) is 18.5 Å². The number of anilines is 1. The zero-order valence-electron chi connectivity index (χ0n) is 24.1. The van der Waals surface area contributed by atoms with Gasteiger partial charge in [0, 0.05) is 30.3 Å². The Morgan fingerprint density at radius 1 is 1.12 bits per heavy atom. The molecule has 2 bridgehead atoms. The summed E-state index contributed by atoms with van der Waals surface area (Å²) in [6.07, 6.45) is 6.60. The predicted molar refractivity (Wildman–Crippen MR) is 148 cm³/mol. The van der Waals surface area contributed by atoms with E-state index in [9.17, 15) is 9.90 Å². The smallest absolute Gasteiger partial charge is 0.291 e. The highest BCUT2D eigenvalue weighted by atomic mass is 16.8. The second kappa shape index (κ2) is 8.73. The molecule has 1 aromatic carbocycles. The number of nitrogens with zero attached hydrogens (tertiary/aromatic N) is 2. The number of carbonyl (C=O) groups is 1. The summed E-state index contributed by atoms with van der Waals surface area (Å²) >= 11 is 0. The molecule has 3 N–H and O–H groups in total. The summed E-state index contributed by atoms with van der Waals surface area (Å²) in [4.78, 5) is 19.9. The number of aromatic amines is 1. The van der Waals surface area contributed by atoms with E-state index in [2.05, 4.69) is 35.2 Å². The highest BCUT2D eigenvalue weighted by Crippen LogP contribution is 2.60. The Morgan fingerprint density at radius 3 is 2.38 bits per heavy atom. The number of aromatic nitrogens is 2. The lowest BCUT2D eigenvalue weighted by atomic mass is 9.74. The van der Waals surface area contributed by atoms with Crippen LogP contribution in [0.4, 0.5) is 5.69 Å². The van der Waals surface area contributed by atoms with Gasteiger partial charge in [0.05, 0.1) is 16.8 Å². The zero-order chi connectivity index (χ0) is 28.7. The summed E-state index contributed by atoms with van der Waals surface area (Å²) in [5.74, 6) is -1.06. The number of nitriles is 1. The van der Waals surface area contributed by atoms with E-state index in [4.69, 9.17) is 19.5 Å². The number of rotatable bonds is 4. The second-order valence-electron chi connectivity index (χ2n) is 13.6. The number of imidazole rings is 1. The summed E-state index contributed by atoms with van der Waals surface area (Å²) in [7, 11) is 0. The molecule has 0 spiro atoms. The number of fused-ring (bicyclic) bond motifs is 5. The standard InChI is InChI=1S/C31H38N4O5/c1-27(2)11-9-18(10-12-27)21-13-19(7-8-22(21)35-26(36)25-33-15-20(14-32)34-25)31(37)16-29(5)23-24(30(6,17-31)40-29)39-28(3,4)38-23/h7-9,13,15,23-24,37H,10-12,16-17H2,1-6H3,(H,33,34)(H,35,36)/t23-,24+,29+,30-,31+. The molecule has 5 atom stereocenters. The lowest BCUT2D eigenvalue weighted by Gasteiger charge is -2.48. The van der Waals surface area contributed by atoms with Crippen LogP contribution < -0.4 is 5.32 Å². The fourth-order valence-electron chi connectivity index (χ4n) is 7.21. The molecule has 9 heteroatoms. The van der Waals surface area contributed by atoms with Gasteiger partial charge in [-0.15, -0.1) is 0 Å². The van der Waals surface area contributed by atoms with Gasteiger partial charge in [-0.1, -0.05) is 26.0 Å². The highest BCUT2D eigenvalue weighted by Gasteiger charge is 2.71. The molecule has 3 saturated heterocycles. The molecule has 0 unspecified atom stereocenters. The van der Waals surface area contributed by atoms with Crippen molar-refractivity contribution < 1.29 is 24.1 Å². The molecule has 3 fully saturated rings. The Bertz CT molecular complexity index is 1420. The fraction of sp³-hybridized carbons (Fsp3) is 0.581. The highest BCUT2D eigenvalue weighted by molar-refractivity contribution is 6.03. The third-order valence-corrected chi connectivity index (χ3v) is 9.08. The molecular weight excluding hydrogens is 508 g/mol. The van der Waals surface area contributed by atoms with Crippen molar-refractivity contribution in [1.82, 2.24) is 9.97 Å². The number of carbonyl (C=O) groups excluding carboxylic acids is 1. The first-order valence-electron chi connectivity index (χ1n) is 14.0.